The number of nitrogens with one attached hydrogen (secondary N) is 2. The van der Waals surface area contributed by atoms with Gasteiger partial charge in [-0.3, -0.25) is 4.99 Å². The Morgan fingerprint density at radius 1 is 0.769 bits per heavy atom. The Labute approximate surface area is 226 Å². The molecule has 6 rings (SSSR count). The molecule has 0 aliphatic carbocycles. The van der Waals surface area contributed by atoms with E-state index in [9.17, 15) is 4.79 Å². The maximum absolute atomic E-state index is 11.9. The molecule has 0 amide bonds. The number of rotatable bonds is 6. The summed E-state index contributed by atoms with van der Waals surface area (Å²) in [6.07, 6.45) is 11.7. The van der Waals surface area contributed by atoms with E-state index in [0.717, 1.165) is 56.5 Å². The fourth-order valence-corrected chi connectivity index (χ4v) is 4.77. The summed E-state index contributed by atoms with van der Waals surface area (Å²) in [7, 11) is 1.38. The number of ether oxygens (including phenoxy) is 1. The maximum atomic E-state index is 11.9. The molecule has 0 bridgehead atoms. The summed E-state index contributed by atoms with van der Waals surface area (Å²) in [4.78, 5) is 28.4. The van der Waals surface area contributed by atoms with Gasteiger partial charge < -0.3 is 14.7 Å². The van der Waals surface area contributed by atoms with Crippen molar-refractivity contribution in [3.8, 4) is 0 Å². The summed E-state index contributed by atoms with van der Waals surface area (Å²) in [5.74, 6) is -0.365. The minimum absolute atomic E-state index is 0.365. The first-order valence-electron chi connectivity index (χ1n) is 12.7. The van der Waals surface area contributed by atoms with Gasteiger partial charge in [0.05, 0.1) is 35.5 Å². The van der Waals surface area contributed by atoms with Crippen molar-refractivity contribution in [2.45, 2.75) is 6.92 Å². The highest BCUT2D eigenvalue weighted by atomic mass is 16.5. The predicted octanol–water partition coefficient (Wildman–Crippen LogP) is 6.66. The van der Waals surface area contributed by atoms with Crippen LogP contribution in [-0.2, 0) is 4.74 Å². The highest BCUT2D eigenvalue weighted by Gasteiger charge is 2.19. The first-order valence-corrected chi connectivity index (χ1v) is 12.7. The van der Waals surface area contributed by atoms with Gasteiger partial charge in [0.2, 0.25) is 0 Å². The van der Waals surface area contributed by atoms with Crippen molar-refractivity contribution in [2.75, 3.05) is 7.11 Å². The van der Waals surface area contributed by atoms with E-state index in [0.29, 0.717) is 5.56 Å². The largest absolute Gasteiger partial charge is 0.465 e. The van der Waals surface area contributed by atoms with E-state index in [1.54, 1.807) is 18.3 Å². The zero-order valence-electron chi connectivity index (χ0n) is 21.6. The van der Waals surface area contributed by atoms with Crippen LogP contribution in [0.2, 0.25) is 0 Å². The number of nitrogens with zero attached hydrogens (tertiary/aromatic N) is 2. The van der Waals surface area contributed by atoms with E-state index in [4.69, 9.17) is 9.73 Å². The lowest BCUT2D eigenvalue weighted by Crippen LogP contribution is -2.01. The van der Waals surface area contributed by atoms with Crippen LogP contribution in [0.3, 0.4) is 0 Å². The van der Waals surface area contributed by atoms with Gasteiger partial charge in [0, 0.05) is 34.9 Å². The molecule has 2 aliphatic rings. The second kappa shape index (κ2) is 10.3. The Morgan fingerprint density at radius 3 is 2.15 bits per heavy atom. The molecule has 0 unspecified atom stereocenters. The molecule has 39 heavy (non-hydrogen) atoms. The Balaban J connectivity index is 1.38. The summed E-state index contributed by atoms with van der Waals surface area (Å²) in [6, 6.07) is 24.0. The second-order valence-electron chi connectivity index (χ2n) is 9.29. The van der Waals surface area contributed by atoms with Gasteiger partial charge in [-0.15, -0.1) is 0 Å². The van der Waals surface area contributed by atoms with Crippen molar-refractivity contribution in [1.82, 2.24) is 9.97 Å². The average molecular weight is 511 g/mol. The number of hydrogen-bond donors (Lipinski definition) is 2. The zero-order valence-corrected chi connectivity index (χ0v) is 21.6. The van der Waals surface area contributed by atoms with Gasteiger partial charge in [0.1, 0.15) is 0 Å². The van der Waals surface area contributed by atoms with Crippen LogP contribution in [0.15, 0.2) is 125 Å². The molecule has 2 aromatic carbocycles. The minimum atomic E-state index is -0.365. The number of carbonyl (C=O) groups is 1. The minimum Gasteiger partial charge on any atom is -0.465 e. The summed E-state index contributed by atoms with van der Waals surface area (Å²) < 4.78 is 4.85. The molecule has 6 nitrogen and oxygen atoms in total. The third-order valence-electron chi connectivity index (χ3n) is 6.74. The van der Waals surface area contributed by atoms with Crippen molar-refractivity contribution >= 4 is 29.0 Å². The fourth-order valence-electron chi connectivity index (χ4n) is 4.77. The van der Waals surface area contributed by atoms with E-state index in [2.05, 4.69) is 58.3 Å². The molecule has 6 heteroatoms. The average Bonchev–Trinajstić information content (AvgIpc) is 3.79. The molecule has 2 aliphatic heterocycles. The fraction of sp³-hybridized carbons (Fsp3) is 0.0606. The first-order chi connectivity index (χ1) is 19.1. The van der Waals surface area contributed by atoms with E-state index >= 15 is 0 Å². The normalized spacial score (nSPS) is 16.5. The van der Waals surface area contributed by atoms with Crippen LogP contribution in [0.4, 0.5) is 0 Å². The standard InChI is InChI=1S/C33H26N4O2/c1-21-7-9-22(10-8-21)31(27-5-3-19-34-27)29-17-15-25(36-29)26-16-18-30(37-26)32(28-6-4-20-35-28)23-11-13-24(14-12-23)33(38)39-2/h3-20,34,37H,1-2H3/b31-29-,32-28-. The number of aliphatic imine (C=N–C) groups is 2. The van der Waals surface area contributed by atoms with E-state index in [1.165, 1.54) is 12.7 Å². The number of allylic oxidation sites excluding steroid dienone is 4. The summed E-state index contributed by atoms with van der Waals surface area (Å²) >= 11 is 0. The van der Waals surface area contributed by atoms with Crippen molar-refractivity contribution in [1.29, 1.82) is 0 Å². The maximum Gasteiger partial charge on any atom is 0.337 e. The van der Waals surface area contributed by atoms with Gasteiger partial charge in [-0.25, -0.2) is 9.79 Å². The Bertz CT molecular complexity index is 1710. The number of aryl methyl sites for hydroxylation is 1. The predicted molar refractivity (Wildman–Crippen MR) is 156 cm³/mol. The van der Waals surface area contributed by atoms with Crippen molar-refractivity contribution < 1.29 is 9.53 Å². The van der Waals surface area contributed by atoms with Crippen molar-refractivity contribution in [3.63, 3.8) is 0 Å². The number of aromatic nitrogens is 2. The van der Waals surface area contributed by atoms with Crippen LogP contribution in [0.1, 0.15) is 44.1 Å². The number of methoxy groups -OCH3 is 1. The van der Waals surface area contributed by atoms with Gasteiger partial charge in [-0.2, -0.15) is 0 Å². The Hall–Kier alpha value is -5.23. The third-order valence-corrected chi connectivity index (χ3v) is 6.74. The number of benzene rings is 2. The SMILES string of the molecule is COC(=O)c1ccc(/C(=C2\C=CC=N2)c2ccc(C3=N/C(=C(/c4ccc(C)cc4)c4ccc[nH]4)C=C3)[nH]2)cc1. The molecular formula is C33H26N4O2. The van der Waals surface area contributed by atoms with Gasteiger partial charge in [-0.1, -0.05) is 42.0 Å². The number of hydrogen-bond acceptors (Lipinski definition) is 4. The summed E-state index contributed by atoms with van der Waals surface area (Å²) in [6.45, 7) is 2.09. The first kappa shape index (κ1) is 24.1. The number of H-pyrrole nitrogens is 2. The molecule has 0 fully saturated rings. The van der Waals surface area contributed by atoms with E-state index in [1.807, 2.05) is 54.8 Å². The third kappa shape index (κ3) is 4.76. The van der Waals surface area contributed by atoms with E-state index in [-0.39, 0.29) is 5.97 Å². The molecule has 0 saturated carbocycles. The molecule has 190 valence electrons. The Kier molecular flexibility index (Phi) is 6.35. The van der Waals surface area contributed by atoms with Crippen LogP contribution in [0.5, 0.6) is 0 Å². The number of esters is 1. The summed E-state index contributed by atoms with van der Waals surface area (Å²) in [5.41, 5.74) is 11.2. The monoisotopic (exact) mass is 510 g/mol. The van der Waals surface area contributed by atoms with Crippen LogP contribution < -0.4 is 0 Å². The van der Waals surface area contributed by atoms with E-state index < -0.39 is 0 Å². The number of carbonyl (C=O) groups excluding carboxylic acids is 1. The molecule has 0 saturated heterocycles. The van der Waals surface area contributed by atoms with Gasteiger partial charge in [-0.05, 0) is 78.8 Å². The molecule has 4 heterocycles. The van der Waals surface area contributed by atoms with Crippen LogP contribution in [0, 0.1) is 6.92 Å². The topological polar surface area (TPSA) is 82.6 Å². The lowest BCUT2D eigenvalue weighted by molar-refractivity contribution is 0.0600. The van der Waals surface area contributed by atoms with Crippen LogP contribution in [0.25, 0.3) is 11.1 Å². The molecule has 2 N–H and O–H groups in total. The molecule has 0 radical (unpaired) electrons. The Morgan fingerprint density at radius 2 is 1.49 bits per heavy atom. The zero-order chi connectivity index (χ0) is 26.8. The highest BCUT2D eigenvalue weighted by molar-refractivity contribution is 6.11. The molecule has 0 spiro atoms. The van der Waals surface area contributed by atoms with Gasteiger partial charge in [0.15, 0.2) is 0 Å². The summed E-state index contributed by atoms with van der Waals surface area (Å²) in [5, 5.41) is 0. The lowest BCUT2D eigenvalue weighted by Gasteiger charge is -2.10. The second-order valence-corrected chi connectivity index (χ2v) is 9.29. The lowest BCUT2D eigenvalue weighted by atomic mass is 9.99. The smallest absolute Gasteiger partial charge is 0.337 e. The van der Waals surface area contributed by atoms with Crippen LogP contribution in [-0.4, -0.2) is 35.0 Å². The van der Waals surface area contributed by atoms with Gasteiger partial charge >= 0.3 is 5.97 Å². The van der Waals surface area contributed by atoms with Gasteiger partial charge in [0.25, 0.3) is 0 Å². The highest BCUT2D eigenvalue weighted by Crippen LogP contribution is 2.32. The van der Waals surface area contributed by atoms with Crippen molar-refractivity contribution in [3.05, 3.63) is 154 Å². The molecule has 0 atom stereocenters. The quantitative estimate of drug-likeness (QED) is 0.285. The molecule has 2 aromatic heterocycles. The number of aromatic amines is 2. The van der Waals surface area contributed by atoms with Crippen molar-refractivity contribution in [2.24, 2.45) is 9.98 Å². The van der Waals surface area contributed by atoms with Crippen LogP contribution >= 0.6 is 0 Å². The molecular weight excluding hydrogens is 484 g/mol. The molecule has 4 aromatic rings.